The monoisotopic (exact) mass is 185 g/mol. The maximum Gasteiger partial charge on any atom is 0 e. The Morgan fingerprint density at radius 3 is 2.18 bits per heavy atom. The smallest absolute Gasteiger partial charge is 0 e. The molecule has 0 unspecified atom stereocenters. The van der Waals surface area contributed by atoms with Crippen molar-refractivity contribution in [2.75, 3.05) is 0 Å². The molecule has 0 aromatic heterocycles. The first-order valence-corrected chi connectivity index (χ1v) is 3.66. The summed E-state index contributed by atoms with van der Waals surface area (Å²) in [6.07, 6.45) is 3.25. The third-order valence-electron chi connectivity index (χ3n) is 1.56. The second-order valence-corrected chi connectivity index (χ2v) is 2.60. The van der Waals surface area contributed by atoms with E-state index in [1.165, 1.54) is 11.1 Å². The summed E-state index contributed by atoms with van der Waals surface area (Å²) in [4.78, 5) is 0. The molecule has 0 bridgehead atoms. The van der Waals surface area contributed by atoms with Crippen LogP contribution in [0.3, 0.4) is 0 Å². The second kappa shape index (κ2) is 5.41. The Morgan fingerprint density at radius 1 is 1.18 bits per heavy atom. The number of hydrogen-bond donors (Lipinski definition) is 0. The van der Waals surface area contributed by atoms with Gasteiger partial charge in [-0.05, 0) is 6.92 Å². The average molecular weight is 185 g/mol. The van der Waals surface area contributed by atoms with Crippen molar-refractivity contribution in [1.82, 2.24) is 0 Å². The maximum atomic E-state index is 2.18. The van der Waals surface area contributed by atoms with Crippen LogP contribution in [0.1, 0.15) is 18.1 Å². The Balaban J connectivity index is 0.000001000. The Hall–Kier alpha value is -0.248. The van der Waals surface area contributed by atoms with E-state index in [1.807, 2.05) is 0 Å². The molecular formula is C10H13Cr-. The molecule has 0 atom stereocenters. The van der Waals surface area contributed by atoms with Gasteiger partial charge in [0.1, 0.15) is 0 Å². The number of benzene rings is 1. The largest absolute Gasteiger partial charge is 0.327 e. The van der Waals surface area contributed by atoms with E-state index in [9.17, 15) is 0 Å². The predicted octanol–water partition coefficient (Wildman–Crippen LogP) is 2.76. The quantitative estimate of drug-likeness (QED) is 0.621. The molecule has 0 N–H and O–H groups in total. The maximum absolute atomic E-state index is 2.18. The van der Waals surface area contributed by atoms with Gasteiger partial charge in [0.05, 0.1) is 0 Å². The molecule has 11 heavy (non-hydrogen) atoms. The van der Waals surface area contributed by atoms with Crippen LogP contribution in [0, 0.1) is 13.3 Å². The van der Waals surface area contributed by atoms with Gasteiger partial charge in [-0.2, -0.15) is 13.3 Å². The average Bonchev–Trinajstić information content (AvgIpc) is 1.95. The van der Waals surface area contributed by atoms with Gasteiger partial charge >= 0.3 is 0 Å². The predicted molar refractivity (Wildman–Crippen MR) is 44.9 cm³/mol. The molecule has 0 aliphatic heterocycles. The molecule has 0 heterocycles. The zero-order chi connectivity index (χ0) is 7.40. The van der Waals surface area contributed by atoms with E-state index in [2.05, 4.69) is 44.5 Å². The third-order valence-corrected chi connectivity index (χ3v) is 1.56. The van der Waals surface area contributed by atoms with Crippen molar-refractivity contribution in [1.29, 1.82) is 0 Å². The molecule has 60 valence electrons. The number of rotatable bonds is 2. The van der Waals surface area contributed by atoms with E-state index in [-0.39, 0.29) is 17.4 Å². The summed E-state index contributed by atoms with van der Waals surface area (Å²) in [6.45, 7) is 4.19. The molecule has 1 aromatic carbocycles. The van der Waals surface area contributed by atoms with Crippen LogP contribution in [0.5, 0.6) is 0 Å². The fourth-order valence-corrected chi connectivity index (χ4v) is 0.960. The minimum absolute atomic E-state index is 0. The Morgan fingerprint density at radius 2 is 1.73 bits per heavy atom. The summed E-state index contributed by atoms with van der Waals surface area (Å²) < 4.78 is 0. The van der Waals surface area contributed by atoms with Crippen LogP contribution in [0.25, 0.3) is 0 Å². The molecule has 0 nitrogen and oxygen atoms in total. The summed E-state index contributed by atoms with van der Waals surface area (Å²) >= 11 is 0. The first-order valence-electron chi connectivity index (χ1n) is 3.66. The number of aryl methyl sites for hydroxylation is 1. The molecule has 0 aliphatic rings. The van der Waals surface area contributed by atoms with Crippen molar-refractivity contribution in [2.24, 2.45) is 0 Å². The summed E-state index contributed by atoms with van der Waals surface area (Å²) in [5.41, 5.74) is 2.73. The van der Waals surface area contributed by atoms with Crippen molar-refractivity contribution in [2.45, 2.75) is 20.3 Å². The molecule has 0 saturated carbocycles. The molecule has 0 saturated heterocycles. The topological polar surface area (TPSA) is 0 Å². The van der Waals surface area contributed by atoms with Gasteiger partial charge < -0.3 is 6.42 Å². The van der Waals surface area contributed by atoms with Gasteiger partial charge in [-0.25, -0.2) is 0 Å². The summed E-state index contributed by atoms with van der Waals surface area (Å²) in [7, 11) is 0. The first-order chi connectivity index (χ1) is 4.83. The zero-order valence-corrected chi connectivity index (χ0v) is 8.28. The second-order valence-electron chi connectivity index (χ2n) is 2.60. The number of hydrogen-bond acceptors (Lipinski definition) is 0. The van der Waals surface area contributed by atoms with Gasteiger partial charge in [-0.15, -0.1) is 0 Å². The van der Waals surface area contributed by atoms with E-state index < -0.39 is 0 Å². The van der Waals surface area contributed by atoms with Gasteiger partial charge in [0.2, 0.25) is 0 Å². The van der Waals surface area contributed by atoms with Gasteiger partial charge in [0.15, 0.2) is 0 Å². The normalized spacial score (nSPS) is 8.91. The van der Waals surface area contributed by atoms with Crippen LogP contribution in [0.15, 0.2) is 24.3 Å². The zero-order valence-electron chi connectivity index (χ0n) is 7.00. The molecule has 0 fully saturated rings. The molecule has 0 spiro atoms. The molecule has 0 radical (unpaired) electrons. The van der Waals surface area contributed by atoms with Gasteiger partial charge in [0, 0.05) is 17.4 Å². The summed E-state index contributed by atoms with van der Waals surface area (Å²) in [5.74, 6) is 0. The third kappa shape index (κ3) is 3.60. The van der Waals surface area contributed by atoms with Crippen molar-refractivity contribution in [3.05, 3.63) is 41.8 Å². The minimum atomic E-state index is 0. The SMILES string of the molecule is C[CH-]Cc1ccc(C)cc1.[Cr]. The first kappa shape index (κ1) is 10.8. The Labute approximate surface area is 79.8 Å². The van der Waals surface area contributed by atoms with Gasteiger partial charge in [-0.1, -0.05) is 35.4 Å². The van der Waals surface area contributed by atoms with E-state index in [0.717, 1.165) is 6.42 Å². The summed E-state index contributed by atoms with van der Waals surface area (Å²) in [6, 6.07) is 8.66. The standard InChI is InChI=1S/C10H13.Cr/c1-3-4-10-7-5-9(2)6-8-10;/h3,5-8H,4H2,1-2H3;/q-1;. The van der Waals surface area contributed by atoms with Crippen LogP contribution >= 0.6 is 0 Å². The molecule has 1 heteroatoms. The summed E-state index contributed by atoms with van der Waals surface area (Å²) in [5, 5.41) is 0. The van der Waals surface area contributed by atoms with E-state index in [4.69, 9.17) is 0 Å². The molecule has 0 amide bonds. The van der Waals surface area contributed by atoms with Crippen LogP contribution in [-0.2, 0) is 23.8 Å². The van der Waals surface area contributed by atoms with Crippen molar-refractivity contribution >= 4 is 0 Å². The van der Waals surface area contributed by atoms with Crippen molar-refractivity contribution in [3.63, 3.8) is 0 Å². The Bertz CT molecular complexity index is 189. The van der Waals surface area contributed by atoms with Crippen molar-refractivity contribution in [3.8, 4) is 0 Å². The minimum Gasteiger partial charge on any atom is -0.327 e. The molecule has 1 rings (SSSR count). The van der Waals surface area contributed by atoms with Crippen molar-refractivity contribution < 1.29 is 17.4 Å². The van der Waals surface area contributed by atoms with Crippen LogP contribution in [-0.4, -0.2) is 0 Å². The van der Waals surface area contributed by atoms with E-state index in [1.54, 1.807) is 0 Å². The molecule has 1 aromatic rings. The van der Waals surface area contributed by atoms with Gasteiger partial charge in [-0.3, -0.25) is 0 Å². The van der Waals surface area contributed by atoms with Gasteiger partial charge in [0.25, 0.3) is 0 Å². The Kier molecular flexibility index (Phi) is 5.29. The molecular weight excluding hydrogens is 172 g/mol. The fourth-order valence-electron chi connectivity index (χ4n) is 0.960. The fraction of sp³-hybridized carbons (Fsp3) is 0.300. The van der Waals surface area contributed by atoms with E-state index >= 15 is 0 Å². The molecule has 0 aliphatic carbocycles. The van der Waals surface area contributed by atoms with Crippen LogP contribution in [0.4, 0.5) is 0 Å². The van der Waals surface area contributed by atoms with E-state index in [0.29, 0.717) is 0 Å². The van der Waals surface area contributed by atoms with Crippen LogP contribution in [0.2, 0.25) is 0 Å². The van der Waals surface area contributed by atoms with Crippen LogP contribution < -0.4 is 0 Å².